The van der Waals surface area contributed by atoms with Gasteiger partial charge in [-0.1, -0.05) is 54.1 Å². The lowest BCUT2D eigenvalue weighted by atomic mass is 9.70. The van der Waals surface area contributed by atoms with Crippen molar-refractivity contribution >= 4 is 28.3 Å². The van der Waals surface area contributed by atoms with E-state index in [1.165, 1.54) is 28.7 Å². The van der Waals surface area contributed by atoms with E-state index < -0.39 is 0 Å². The lowest BCUT2D eigenvalue weighted by molar-refractivity contribution is 0.302. The number of alkyl halides is 1. The minimum Gasteiger partial charge on any atom is -0.332 e. The van der Waals surface area contributed by atoms with Crippen molar-refractivity contribution in [2.75, 3.05) is 11.0 Å². The molecule has 1 aromatic heterocycles. The predicted octanol–water partition coefficient (Wildman–Crippen LogP) is 6.67. The molecule has 160 valence electrons. The molecule has 0 saturated carbocycles. The Morgan fingerprint density at radius 3 is 2.63 bits per heavy atom. The fraction of sp³-hybridized carbons (Fsp3) is 0.560. The summed E-state index contributed by atoms with van der Waals surface area (Å²) >= 11 is 2.44. The van der Waals surface area contributed by atoms with Crippen LogP contribution in [0.1, 0.15) is 69.0 Å². The van der Waals surface area contributed by atoms with E-state index >= 15 is 0 Å². The summed E-state index contributed by atoms with van der Waals surface area (Å²) in [6, 6.07) is 4.38. The van der Waals surface area contributed by atoms with Crippen LogP contribution in [0.2, 0.25) is 0 Å². The normalized spacial score (nSPS) is 21.3. The average molecular weight is 517 g/mol. The van der Waals surface area contributed by atoms with Gasteiger partial charge in [-0.3, -0.25) is 4.99 Å². The zero-order valence-electron chi connectivity index (χ0n) is 18.8. The first-order valence-corrected chi connectivity index (χ1v) is 12.6. The van der Waals surface area contributed by atoms with E-state index in [1.807, 2.05) is 0 Å². The molecule has 5 heteroatoms. The molecule has 0 amide bonds. The summed E-state index contributed by atoms with van der Waals surface area (Å²) in [5.41, 5.74) is 9.27. The van der Waals surface area contributed by atoms with Crippen LogP contribution in [0.25, 0.3) is 11.4 Å². The Hall–Kier alpha value is -1.50. The SMILES string of the molecule is Cc1cc(-c2noc(C3=NCCC(C)C4=C3CCC(C)(C)C4)n2)cc(C)c1CCI. The Morgan fingerprint density at radius 2 is 1.93 bits per heavy atom. The molecule has 0 N–H and O–H groups in total. The van der Waals surface area contributed by atoms with Crippen LogP contribution in [0.15, 0.2) is 32.8 Å². The fourth-order valence-corrected chi connectivity index (χ4v) is 5.50. The minimum absolute atomic E-state index is 0.358. The summed E-state index contributed by atoms with van der Waals surface area (Å²) in [4.78, 5) is 9.73. The Labute approximate surface area is 193 Å². The van der Waals surface area contributed by atoms with Gasteiger partial charge in [0.2, 0.25) is 5.82 Å². The monoisotopic (exact) mass is 517 g/mol. The van der Waals surface area contributed by atoms with Gasteiger partial charge in [0.05, 0.1) is 0 Å². The lowest BCUT2D eigenvalue weighted by Crippen LogP contribution is -2.24. The number of hydrogen-bond acceptors (Lipinski definition) is 4. The molecule has 0 spiro atoms. The molecule has 4 nitrogen and oxygen atoms in total. The number of benzene rings is 1. The van der Waals surface area contributed by atoms with E-state index in [0.29, 0.717) is 23.0 Å². The van der Waals surface area contributed by atoms with E-state index in [0.717, 1.165) is 47.9 Å². The van der Waals surface area contributed by atoms with Gasteiger partial charge in [0.15, 0.2) is 0 Å². The van der Waals surface area contributed by atoms with Crippen molar-refractivity contribution in [1.29, 1.82) is 0 Å². The van der Waals surface area contributed by atoms with Gasteiger partial charge in [-0.2, -0.15) is 4.98 Å². The zero-order chi connectivity index (χ0) is 21.5. The summed E-state index contributed by atoms with van der Waals surface area (Å²) in [6.07, 6.45) is 5.55. The number of hydrogen-bond donors (Lipinski definition) is 0. The van der Waals surface area contributed by atoms with Gasteiger partial charge >= 0.3 is 0 Å². The van der Waals surface area contributed by atoms with E-state index in [9.17, 15) is 0 Å². The maximum atomic E-state index is 5.78. The molecule has 2 aliphatic rings. The van der Waals surface area contributed by atoms with Crippen molar-refractivity contribution in [1.82, 2.24) is 10.1 Å². The van der Waals surface area contributed by atoms with Gasteiger partial charge in [-0.05, 0) is 91.7 Å². The molecule has 4 rings (SSSR count). The van der Waals surface area contributed by atoms with Crippen LogP contribution in [0.3, 0.4) is 0 Å². The minimum atomic E-state index is 0.358. The molecule has 1 unspecified atom stereocenters. The standard InChI is InChI=1S/C25H32IN3O/c1-15-8-11-27-22(20-6-9-25(4,5)14-21(15)20)24-28-23(29-30-24)18-12-16(2)19(7-10-26)17(3)13-18/h12-13,15H,6-11,14H2,1-5H3. The quantitative estimate of drug-likeness (QED) is 0.336. The van der Waals surface area contributed by atoms with Crippen molar-refractivity contribution in [3.05, 3.63) is 45.9 Å². The molecule has 2 heterocycles. The zero-order valence-corrected chi connectivity index (χ0v) is 21.0. The fourth-order valence-electron chi connectivity index (χ4n) is 4.96. The molecule has 1 aliphatic carbocycles. The molecule has 0 saturated heterocycles. The Kier molecular flexibility index (Phi) is 6.20. The second kappa shape index (κ2) is 8.56. The highest BCUT2D eigenvalue weighted by atomic mass is 127. The molecule has 1 aliphatic heterocycles. The number of halogens is 1. The van der Waals surface area contributed by atoms with E-state index in [-0.39, 0.29) is 0 Å². The summed E-state index contributed by atoms with van der Waals surface area (Å²) in [7, 11) is 0. The number of nitrogens with zero attached hydrogens (tertiary/aromatic N) is 3. The summed E-state index contributed by atoms with van der Waals surface area (Å²) in [5, 5.41) is 4.34. The smallest absolute Gasteiger partial charge is 0.276 e. The first-order valence-electron chi connectivity index (χ1n) is 11.1. The van der Waals surface area contributed by atoms with Crippen LogP contribution in [0.4, 0.5) is 0 Å². The molecular formula is C25H32IN3O. The third-order valence-corrected chi connectivity index (χ3v) is 7.29. The van der Waals surface area contributed by atoms with Crippen molar-refractivity contribution in [3.63, 3.8) is 0 Å². The average Bonchev–Trinajstić information content (AvgIpc) is 3.12. The molecule has 2 aromatic rings. The largest absolute Gasteiger partial charge is 0.332 e. The molecule has 0 fully saturated rings. The van der Waals surface area contributed by atoms with Gasteiger partial charge < -0.3 is 4.52 Å². The van der Waals surface area contributed by atoms with Gasteiger partial charge in [0.25, 0.3) is 5.89 Å². The second-order valence-electron chi connectivity index (χ2n) is 9.72. The maximum absolute atomic E-state index is 5.78. The van der Waals surface area contributed by atoms with Crippen molar-refractivity contribution in [2.45, 2.75) is 66.7 Å². The van der Waals surface area contributed by atoms with E-state index in [2.05, 4.69) is 74.5 Å². The van der Waals surface area contributed by atoms with Gasteiger partial charge in [-0.15, -0.1) is 0 Å². The summed E-state index contributed by atoms with van der Waals surface area (Å²) in [6.45, 7) is 12.3. The molecule has 30 heavy (non-hydrogen) atoms. The van der Waals surface area contributed by atoms with Crippen LogP contribution >= 0.6 is 22.6 Å². The van der Waals surface area contributed by atoms with Crippen LogP contribution in [-0.4, -0.2) is 26.8 Å². The molecular weight excluding hydrogens is 485 g/mol. The van der Waals surface area contributed by atoms with Gasteiger partial charge in [-0.25, -0.2) is 0 Å². The number of aliphatic imine (C=N–C) groups is 1. The molecule has 1 atom stereocenters. The Balaban J connectivity index is 1.70. The number of aryl methyl sites for hydroxylation is 2. The Morgan fingerprint density at radius 1 is 1.20 bits per heavy atom. The number of allylic oxidation sites excluding steroid dienone is 2. The first-order chi connectivity index (χ1) is 14.3. The molecule has 0 radical (unpaired) electrons. The van der Waals surface area contributed by atoms with Crippen molar-refractivity contribution < 1.29 is 4.52 Å². The van der Waals surface area contributed by atoms with E-state index in [4.69, 9.17) is 14.5 Å². The predicted molar refractivity (Wildman–Crippen MR) is 132 cm³/mol. The molecule has 1 aromatic carbocycles. The topological polar surface area (TPSA) is 51.3 Å². The molecule has 0 bridgehead atoms. The van der Waals surface area contributed by atoms with Crippen molar-refractivity contribution in [2.24, 2.45) is 16.3 Å². The maximum Gasteiger partial charge on any atom is 0.276 e. The highest BCUT2D eigenvalue weighted by Gasteiger charge is 2.34. The van der Waals surface area contributed by atoms with Crippen molar-refractivity contribution in [3.8, 4) is 11.4 Å². The van der Waals surface area contributed by atoms with Crippen LogP contribution in [0, 0.1) is 25.2 Å². The van der Waals surface area contributed by atoms with Gasteiger partial charge in [0.1, 0.15) is 5.71 Å². The van der Waals surface area contributed by atoms with Gasteiger partial charge in [0, 0.05) is 16.5 Å². The highest BCUT2D eigenvalue weighted by molar-refractivity contribution is 14.1. The van der Waals surface area contributed by atoms with Crippen LogP contribution in [0.5, 0.6) is 0 Å². The number of rotatable bonds is 4. The Bertz CT molecular complexity index is 992. The lowest BCUT2D eigenvalue weighted by Gasteiger charge is -2.34. The third-order valence-electron chi connectivity index (χ3n) is 6.75. The second-order valence-corrected chi connectivity index (χ2v) is 10.8. The van der Waals surface area contributed by atoms with E-state index in [1.54, 1.807) is 5.57 Å². The summed E-state index contributed by atoms with van der Waals surface area (Å²) in [5.74, 6) is 1.81. The summed E-state index contributed by atoms with van der Waals surface area (Å²) < 4.78 is 6.90. The third kappa shape index (κ3) is 4.27. The first kappa shape index (κ1) is 21.7. The highest BCUT2D eigenvalue weighted by Crippen LogP contribution is 2.44. The van der Waals surface area contributed by atoms with Crippen LogP contribution < -0.4 is 0 Å². The van der Waals surface area contributed by atoms with Crippen LogP contribution in [-0.2, 0) is 6.42 Å². The number of aromatic nitrogens is 2.